The van der Waals surface area contributed by atoms with Gasteiger partial charge in [0.15, 0.2) is 0 Å². The van der Waals surface area contributed by atoms with Crippen LogP contribution >= 0.6 is 0 Å². The van der Waals surface area contributed by atoms with Gasteiger partial charge < -0.3 is 5.73 Å². The first kappa shape index (κ1) is 12.9. The van der Waals surface area contributed by atoms with Crippen molar-refractivity contribution in [2.75, 3.05) is 6.54 Å². The molecule has 2 N–H and O–H groups in total. The third-order valence-corrected chi connectivity index (χ3v) is 6.62. The van der Waals surface area contributed by atoms with Crippen molar-refractivity contribution in [3.8, 4) is 0 Å². The molecule has 0 spiro atoms. The molecule has 3 rings (SSSR count). The van der Waals surface area contributed by atoms with Crippen molar-refractivity contribution in [1.29, 1.82) is 0 Å². The number of rotatable bonds is 2. The summed E-state index contributed by atoms with van der Waals surface area (Å²) >= 11 is 0. The summed E-state index contributed by atoms with van der Waals surface area (Å²) in [5.74, 6) is 3.75. The second-order valence-corrected chi connectivity index (χ2v) is 7.37. The van der Waals surface area contributed by atoms with E-state index in [9.17, 15) is 0 Å². The average molecular weight is 250 g/mol. The Morgan fingerprint density at radius 1 is 1.11 bits per heavy atom. The summed E-state index contributed by atoms with van der Waals surface area (Å²) in [6.07, 6.45) is 7.26. The molecular weight excluding hydrogens is 220 g/mol. The van der Waals surface area contributed by atoms with Crippen molar-refractivity contribution in [3.05, 3.63) is 0 Å². The van der Waals surface area contributed by atoms with Gasteiger partial charge in [0.1, 0.15) is 0 Å². The van der Waals surface area contributed by atoms with Gasteiger partial charge in [-0.2, -0.15) is 0 Å². The highest BCUT2D eigenvalue weighted by Gasteiger charge is 2.45. The molecule has 104 valence electrons. The second-order valence-electron chi connectivity index (χ2n) is 7.37. The summed E-state index contributed by atoms with van der Waals surface area (Å²) in [4.78, 5) is 2.78. The second kappa shape index (κ2) is 4.79. The van der Waals surface area contributed by atoms with Gasteiger partial charge in [-0.15, -0.1) is 0 Å². The van der Waals surface area contributed by atoms with Crippen LogP contribution in [0.15, 0.2) is 0 Å². The minimum Gasteiger partial charge on any atom is -0.327 e. The van der Waals surface area contributed by atoms with Crippen LogP contribution in [0.4, 0.5) is 0 Å². The predicted octanol–water partition coefficient (Wildman–Crippen LogP) is 2.87. The maximum absolute atomic E-state index is 6.22. The molecule has 2 saturated carbocycles. The van der Waals surface area contributed by atoms with E-state index in [4.69, 9.17) is 5.73 Å². The summed E-state index contributed by atoms with van der Waals surface area (Å²) in [6.45, 7) is 8.45. The Balaban J connectivity index is 1.67. The van der Waals surface area contributed by atoms with E-state index in [1.54, 1.807) is 0 Å². The van der Waals surface area contributed by atoms with Gasteiger partial charge in [0.25, 0.3) is 0 Å². The Hall–Kier alpha value is -0.0800. The molecule has 1 heterocycles. The van der Waals surface area contributed by atoms with Crippen LogP contribution in [0.2, 0.25) is 0 Å². The van der Waals surface area contributed by atoms with Crippen LogP contribution < -0.4 is 5.73 Å². The van der Waals surface area contributed by atoms with E-state index in [1.807, 2.05) is 0 Å². The Morgan fingerprint density at radius 3 is 2.50 bits per heavy atom. The first-order valence-electron chi connectivity index (χ1n) is 8.09. The minimum atomic E-state index is 0.420. The van der Waals surface area contributed by atoms with E-state index in [0.29, 0.717) is 18.0 Å². The van der Waals surface area contributed by atoms with Crippen LogP contribution in [0.5, 0.6) is 0 Å². The van der Waals surface area contributed by atoms with Gasteiger partial charge in [-0.25, -0.2) is 0 Å². The van der Waals surface area contributed by atoms with Crippen molar-refractivity contribution >= 4 is 0 Å². The van der Waals surface area contributed by atoms with Crippen LogP contribution in [0.3, 0.4) is 0 Å². The maximum atomic E-state index is 6.22. The highest BCUT2D eigenvalue weighted by atomic mass is 15.2. The zero-order valence-electron chi connectivity index (χ0n) is 12.3. The lowest BCUT2D eigenvalue weighted by atomic mass is 9.80. The van der Waals surface area contributed by atoms with E-state index in [0.717, 1.165) is 23.8 Å². The fourth-order valence-electron chi connectivity index (χ4n) is 5.13. The van der Waals surface area contributed by atoms with Gasteiger partial charge in [0.2, 0.25) is 0 Å². The molecule has 2 nitrogen and oxygen atoms in total. The molecule has 3 aliphatic rings. The van der Waals surface area contributed by atoms with E-state index in [-0.39, 0.29) is 0 Å². The van der Waals surface area contributed by atoms with Crippen molar-refractivity contribution in [2.24, 2.45) is 29.4 Å². The monoisotopic (exact) mass is 250 g/mol. The fraction of sp³-hybridized carbons (Fsp3) is 1.00. The number of piperidine rings is 1. The van der Waals surface area contributed by atoms with Crippen LogP contribution in [-0.4, -0.2) is 29.6 Å². The first-order chi connectivity index (χ1) is 8.58. The molecule has 7 unspecified atom stereocenters. The van der Waals surface area contributed by atoms with Crippen LogP contribution in [0.25, 0.3) is 0 Å². The highest BCUT2D eigenvalue weighted by Crippen LogP contribution is 2.50. The quantitative estimate of drug-likeness (QED) is 0.816. The molecule has 2 bridgehead atoms. The van der Waals surface area contributed by atoms with Gasteiger partial charge in [-0.3, -0.25) is 4.90 Å². The Bertz CT molecular complexity index is 303. The number of nitrogens with two attached hydrogens (primary N) is 1. The molecule has 0 aromatic rings. The Morgan fingerprint density at radius 2 is 1.89 bits per heavy atom. The summed E-state index contributed by atoms with van der Waals surface area (Å²) < 4.78 is 0. The molecular formula is C16H30N2. The number of nitrogens with zero attached hydrogens (tertiary/aromatic N) is 1. The SMILES string of the molecule is CC1C(N)CCN(C(C)C2CC3CCC2C3)C1C. The lowest BCUT2D eigenvalue weighted by molar-refractivity contribution is 0.0253. The smallest absolute Gasteiger partial charge is 0.0110 e. The molecule has 0 amide bonds. The van der Waals surface area contributed by atoms with Crippen LogP contribution in [0.1, 0.15) is 52.9 Å². The summed E-state index contributed by atoms with van der Waals surface area (Å²) in [5, 5.41) is 0. The number of fused-ring (bicyclic) bond motifs is 2. The fourth-order valence-corrected chi connectivity index (χ4v) is 5.13. The van der Waals surface area contributed by atoms with Crippen molar-refractivity contribution in [3.63, 3.8) is 0 Å². The van der Waals surface area contributed by atoms with Crippen molar-refractivity contribution in [1.82, 2.24) is 4.90 Å². The summed E-state index contributed by atoms with van der Waals surface area (Å²) in [6, 6.07) is 1.87. The standard InChI is InChI=1S/C16H30N2/c1-10-11(2)18(7-6-16(10)17)12(3)15-9-13-4-5-14(15)8-13/h10-16H,4-9,17H2,1-3H3. The molecule has 0 aromatic heterocycles. The zero-order valence-corrected chi connectivity index (χ0v) is 12.3. The van der Waals surface area contributed by atoms with E-state index >= 15 is 0 Å². The molecule has 1 saturated heterocycles. The van der Waals surface area contributed by atoms with Crippen molar-refractivity contribution < 1.29 is 0 Å². The average Bonchev–Trinajstić information content (AvgIpc) is 2.97. The number of hydrogen-bond donors (Lipinski definition) is 1. The lowest BCUT2D eigenvalue weighted by Gasteiger charge is -2.47. The Labute approximate surface area is 112 Å². The molecule has 0 aromatic carbocycles. The molecule has 3 fully saturated rings. The van der Waals surface area contributed by atoms with Gasteiger partial charge in [-0.1, -0.05) is 13.3 Å². The minimum absolute atomic E-state index is 0.420. The molecule has 1 aliphatic heterocycles. The first-order valence-corrected chi connectivity index (χ1v) is 8.09. The van der Waals surface area contributed by atoms with Crippen LogP contribution in [-0.2, 0) is 0 Å². The molecule has 2 aliphatic carbocycles. The highest BCUT2D eigenvalue weighted by molar-refractivity contribution is 4.97. The van der Waals surface area contributed by atoms with E-state index in [1.165, 1.54) is 38.6 Å². The van der Waals surface area contributed by atoms with Crippen LogP contribution in [0, 0.1) is 23.7 Å². The van der Waals surface area contributed by atoms with E-state index in [2.05, 4.69) is 25.7 Å². The molecule has 7 atom stereocenters. The third kappa shape index (κ3) is 2.02. The number of hydrogen-bond acceptors (Lipinski definition) is 2. The lowest BCUT2D eigenvalue weighted by Crippen LogP contribution is -2.56. The maximum Gasteiger partial charge on any atom is 0.0110 e. The third-order valence-electron chi connectivity index (χ3n) is 6.62. The van der Waals surface area contributed by atoms with Gasteiger partial charge in [-0.05, 0) is 63.2 Å². The molecule has 0 radical (unpaired) electrons. The van der Waals surface area contributed by atoms with Gasteiger partial charge >= 0.3 is 0 Å². The summed E-state index contributed by atoms with van der Waals surface area (Å²) in [5.41, 5.74) is 6.22. The van der Waals surface area contributed by atoms with Gasteiger partial charge in [0, 0.05) is 24.7 Å². The van der Waals surface area contributed by atoms with Gasteiger partial charge in [0.05, 0.1) is 0 Å². The Kier molecular flexibility index (Phi) is 3.44. The molecule has 2 heteroatoms. The number of likely N-dealkylation sites (tertiary alicyclic amines) is 1. The summed E-state index contributed by atoms with van der Waals surface area (Å²) in [7, 11) is 0. The zero-order chi connectivity index (χ0) is 12.9. The topological polar surface area (TPSA) is 29.3 Å². The largest absolute Gasteiger partial charge is 0.327 e. The van der Waals surface area contributed by atoms with Crippen molar-refractivity contribution in [2.45, 2.75) is 71.0 Å². The van der Waals surface area contributed by atoms with E-state index < -0.39 is 0 Å². The normalized spacial score (nSPS) is 50.7. The molecule has 18 heavy (non-hydrogen) atoms. The predicted molar refractivity (Wildman–Crippen MR) is 76.3 cm³/mol.